The van der Waals surface area contributed by atoms with Crippen LogP contribution in [0.3, 0.4) is 0 Å². The molecule has 27 heavy (non-hydrogen) atoms. The van der Waals surface area contributed by atoms with Crippen LogP contribution in [0.25, 0.3) is 17.3 Å². The summed E-state index contributed by atoms with van der Waals surface area (Å²) in [6.45, 7) is 4.55. The molecule has 1 saturated heterocycles. The van der Waals surface area contributed by atoms with Crippen LogP contribution in [0.15, 0.2) is 34.8 Å². The van der Waals surface area contributed by atoms with E-state index < -0.39 is 9.41 Å². The maximum Gasteiger partial charge on any atom is 0.160 e. The summed E-state index contributed by atoms with van der Waals surface area (Å²) in [6, 6.07) is 6.64. The Labute approximate surface area is 161 Å². The Morgan fingerprint density at radius 1 is 1.33 bits per heavy atom. The highest BCUT2D eigenvalue weighted by molar-refractivity contribution is 8.01. The van der Waals surface area contributed by atoms with Crippen molar-refractivity contribution in [3.8, 4) is 11.3 Å². The lowest BCUT2D eigenvalue weighted by Crippen LogP contribution is -2.43. The number of rotatable bonds is 3. The van der Waals surface area contributed by atoms with E-state index in [2.05, 4.69) is 65.5 Å². The molecule has 2 aliphatic rings. The van der Waals surface area contributed by atoms with Gasteiger partial charge in [-0.05, 0) is 31.6 Å². The molecule has 0 unspecified atom stereocenters. The minimum Gasteiger partial charge on any atom is -0.377 e. The van der Waals surface area contributed by atoms with E-state index in [9.17, 15) is 0 Å². The molecule has 0 N–H and O–H groups in total. The van der Waals surface area contributed by atoms with Gasteiger partial charge in [0.25, 0.3) is 0 Å². The average Bonchev–Trinajstić information content (AvgIpc) is 3.09. The minimum absolute atomic E-state index is 0.324. The number of hydrogen-bond donors (Lipinski definition) is 0. The SMILES string of the molecule is C=S(C)(C)=Nc1cc(N2CCOC[C@H]2C)cc(-c2ccnc3c2C=CC3)n1. The third kappa shape index (κ3) is 3.92. The average molecular weight is 383 g/mol. The van der Waals surface area contributed by atoms with Crippen molar-refractivity contribution in [1.82, 2.24) is 9.97 Å². The lowest BCUT2D eigenvalue weighted by Gasteiger charge is -2.35. The smallest absolute Gasteiger partial charge is 0.160 e. The van der Waals surface area contributed by atoms with Crippen LogP contribution in [0.5, 0.6) is 0 Å². The fourth-order valence-corrected chi connectivity index (χ4v) is 4.19. The second-order valence-corrected chi connectivity index (χ2v) is 10.7. The predicted molar refractivity (Wildman–Crippen MR) is 116 cm³/mol. The lowest BCUT2D eigenvalue weighted by molar-refractivity contribution is 0.0989. The number of hydrogen-bond acceptors (Lipinski definition) is 5. The van der Waals surface area contributed by atoms with Crippen LogP contribution < -0.4 is 4.90 Å². The third-order valence-electron chi connectivity index (χ3n) is 4.78. The van der Waals surface area contributed by atoms with Gasteiger partial charge in [0.05, 0.1) is 24.6 Å². The molecule has 6 heteroatoms. The van der Waals surface area contributed by atoms with E-state index in [4.69, 9.17) is 14.1 Å². The van der Waals surface area contributed by atoms with Crippen molar-refractivity contribution in [3.05, 3.63) is 41.7 Å². The lowest BCUT2D eigenvalue weighted by atomic mass is 10.0. The van der Waals surface area contributed by atoms with Crippen LogP contribution in [0.1, 0.15) is 18.2 Å². The number of allylic oxidation sites excluding steroid dienone is 1. The summed E-state index contributed by atoms with van der Waals surface area (Å²) in [5, 5.41) is 0. The highest BCUT2D eigenvalue weighted by Crippen LogP contribution is 2.34. The van der Waals surface area contributed by atoms with Crippen LogP contribution in [-0.2, 0) is 20.6 Å². The highest BCUT2D eigenvalue weighted by Gasteiger charge is 2.22. The van der Waals surface area contributed by atoms with E-state index >= 15 is 0 Å². The largest absolute Gasteiger partial charge is 0.377 e. The van der Waals surface area contributed by atoms with E-state index in [1.54, 1.807) is 0 Å². The van der Waals surface area contributed by atoms with Crippen molar-refractivity contribution >= 4 is 32.9 Å². The fraction of sp³-hybridized carbons (Fsp3) is 0.381. The Hall–Kier alpha value is -2.18. The molecule has 0 bridgehead atoms. The van der Waals surface area contributed by atoms with Crippen molar-refractivity contribution in [2.75, 3.05) is 37.2 Å². The zero-order chi connectivity index (χ0) is 19.0. The molecule has 1 atom stereocenters. The number of morpholine rings is 1. The van der Waals surface area contributed by atoms with E-state index in [0.29, 0.717) is 6.04 Å². The van der Waals surface area contributed by atoms with Gasteiger partial charge in [-0.1, -0.05) is 18.0 Å². The molecule has 4 rings (SSSR count). The molecule has 1 aliphatic heterocycles. The maximum absolute atomic E-state index is 5.62. The second-order valence-electron chi connectivity index (χ2n) is 7.58. The van der Waals surface area contributed by atoms with Crippen LogP contribution in [0.4, 0.5) is 11.5 Å². The minimum atomic E-state index is -1.31. The molecule has 3 heterocycles. The van der Waals surface area contributed by atoms with Gasteiger partial charge < -0.3 is 9.64 Å². The normalized spacial score (nSPS) is 19.2. The number of ether oxygens (including phenoxy) is 1. The van der Waals surface area contributed by atoms with Gasteiger partial charge in [-0.2, -0.15) is 0 Å². The van der Waals surface area contributed by atoms with Crippen LogP contribution >= 0.6 is 0 Å². The molecule has 1 aliphatic carbocycles. The molecule has 0 spiro atoms. The molecule has 0 radical (unpaired) electrons. The Kier molecular flexibility index (Phi) is 4.78. The molecule has 1 fully saturated rings. The van der Waals surface area contributed by atoms with E-state index in [1.165, 1.54) is 5.56 Å². The Balaban J connectivity index is 1.88. The number of aromatic nitrogens is 2. The van der Waals surface area contributed by atoms with Crippen molar-refractivity contribution in [2.24, 2.45) is 4.36 Å². The molecule has 5 nitrogen and oxygen atoms in total. The summed E-state index contributed by atoms with van der Waals surface area (Å²) in [7, 11) is -1.31. The number of nitrogens with zero attached hydrogens (tertiary/aromatic N) is 4. The molecule has 142 valence electrons. The van der Waals surface area contributed by atoms with Gasteiger partial charge in [0.1, 0.15) is 0 Å². The first-order valence-corrected chi connectivity index (χ1v) is 11.8. The van der Waals surface area contributed by atoms with Gasteiger partial charge in [0.15, 0.2) is 5.82 Å². The third-order valence-corrected chi connectivity index (χ3v) is 5.46. The van der Waals surface area contributed by atoms with Crippen LogP contribution in [-0.4, -0.2) is 54.2 Å². The topological polar surface area (TPSA) is 50.6 Å². The maximum atomic E-state index is 5.62. The number of pyridine rings is 2. The quantitative estimate of drug-likeness (QED) is 0.761. The first-order chi connectivity index (χ1) is 12.9. The molecular formula is C21H26N4OS. The van der Waals surface area contributed by atoms with Crippen molar-refractivity contribution in [1.29, 1.82) is 0 Å². The van der Waals surface area contributed by atoms with Crippen molar-refractivity contribution in [3.63, 3.8) is 0 Å². The second kappa shape index (κ2) is 7.09. The Bertz CT molecular complexity index is 1010. The summed E-state index contributed by atoms with van der Waals surface area (Å²) in [5.41, 5.74) is 5.49. The first kappa shape index (κ1) is 18.2. The van der Waals surface area contributed by atoms with Gasteiger partial charge in [-0.3, -0.25) is 4.98 Å². The fourth-order valence-electron chi connectivity index (χ4n) is 3.59. The zero-order valence-electron chi connectivity index (χ0n) is 16.2. The molecule has 0 amide bonds. The standard InChI is InChI=1S/C21H26N4OS/c1-15-14-26-11-10-25(15)16-12-20(23-21(13-16)24-27(2,3)4)18-8-9-22-19-7-5-6-17(18)19/h5-6,8-9,12-13,15H,2,7,10-11,14H2,1,3-4H3/t15-/m1/s1. The first-order valence-electron chi connectivity index (χ1n) is 9.21. The van der Waals surface area contributed by atoms with E-state index in [1.807, 2.05) is 6.20 Å². The Morgan fingerprint density at radius 2 is 2.19 bits per heavy atom. The van der Waals surface area contributed by atoms with Gasteiger partial charge in [0.2, 0.25) is 0 Å². The summed E-state index contributed by atoms with van der Waals surface area (Å²) >= 11 is 0. The molecular weight excluding hydrogens is 356 g/mol. The zero-order valence-corrected chi connectivity index (χ0v) is 17.0. The van der Waals surface area contributed by atoms with Gasteiger partial charge in [-0.15, -0.1) is 9.41 Å². The summed E-state index contributed by atoms with van der Waals surface area (Å²) in [5.74, 6) is 4.96. The molecule has 0 aromatic carbocycles. The Morgan fingerprint density at radius 3 is 2.96 bits per heavy atom. The van der Waals surface area contributed by atoms with Crippen molar-refractivity contribution in [2.45, 2.75) is 19.4 Å². The molecule has 0 saturated carbocycles. The highest BCUT2D eigenvalue weighted by atomic mass is 32.2. The summed E-state index contributed by atoms with van der Waals surface area (Å²) in [6.07, 6.45) is 11.2. The summed E-state index contributed by atoms with van der Waals surface area (Å²) < 4.78 is 10.4. The van der Waals surface area contributed by atoms with Gasteiger partial charge >= 0.3 is 0 Å². The number of anilines is 1. The van der Waals surface area contributed by atoms with Gasteiger partial charge in [-0.25, -0.2) is 9.35 Å². The van der Waals surface area contributed by atoms with Crippen LogP contribution in [0.2, 0.25) is 0 Å². The number of fused-ring (bicyclic) bond motifs is 1. The van der Waals surface area contributed by atoms with Crippen molar-refractivity contribution < 1.29 is 4.74 Å². The monoisotopic (exact) mass is 382 g/mol. The van der Waals surface area contributed by atoms with Crippen LogP contribution in [0, 0.1) is 0 Å². The van der Waals surface area contributed by atoms with E-state index in [0.717, 1.165) is 54.6 Å². The molecule has 2 aromatic rings. The summed E-state index contributed by atoms with van der Waals surface area (Å²) in [4.78, 5) is 11.8. The predicted octanol–water partition coefficient (Wildman–Crippen LogP) is 3.60. The molecule has 2 aromatic heterocycles. The van der Waals surface area contributed by atoms with E-state index in [-0.39, 0.29) is 0 Å². The van der Waals surface area contributed by atoms with Gasteiger partial charge in [0, 0.05) is 48.1 Å².